The Hall–Kier alpha value is -3.20. The molecule has 0 saturated carbocycles. The second-order valence-corrected chi connectivity index (χ2v) is 9.21. The average molecular weight is 485 g/mol. The molecule has 0 spiro atoms. The number of carbonyl (C=O) groups is 4. The van der Waals surface area contributed by atoms with Crippen molar-refractivity contribution in [3.63, 3.8) is 0 Å². The van der Waals surface area contributed by atoms with Crippen molar-refractivity contribution in [1.82, 2.24) is 15.0 Å². The second kappa shape index (κ2) is 8.54. The van der Waals surface area contributed by atoms with Gasteiger partial charge >= 0.3 is 5.92 Å². The van der Waals surface area contributed by atoms with Gasteiger partial charge in [0.1, 0.15) is 7.85 Å². The Morgan fingerprint density at radius 2 is 1.85 bits per heavy atom. The van der Waals surface area contributed by atoms with Gasteiger partial charge in [0.25, 0.3) is 11.8 Å². The minimum atomic E-state index is -3.73. The lowest BCUT2D eigenvalue weighted by Gasteiger charge is -2.39. The number of carbonyl (C=O) groups excluding carboxylic acids is 4. The highest BCUT2D eigenvalue weighted by Crippen LogP contribution is 2.34. The van der Waals surface area contributed by atoms with Gasteiger partial charge in [0.2, 0.25) is 19.8 Å². The molecule has 2 aromatic carbocycles. The Labute approximate surface area is 201 Å². The summed E-state index contributed by atoms with van der Waals surface area (Å²) in [6.07, 6.45) is 0.337. The minimum absolute atomic E-state index is 0.101. The van der Waals surface area contributed by atoms with Crippen molar-refractivity contribution in [2.24, 2.45) is 0 Å². The fourth-order valence-corrected chi connectivity index (χ4v) is 4.42. The van der Waals surface area contributed by atoms with Crippen LogP contribution in [-0.2, 0) is 33.4 Å². The fraction of sp³-hybridized carbons (Fsp3) is 0.273. The Kier molecular flexibility index (Phi) is 6.01. The van der Waals surface area contributed by atoms with E-state index in [-0.39, 0.29) is 42.8 Å². The Morgan fingerprint density at radius 1 is 1.18 bits per heavy atom. The van der Waals surface area contributed by atoms with Crippen LogP contribution in [0.1, 0.15) is 39.9 Å². The van der Waals surface area contributed by atoms with Crippen LogP contribution in [0, 0.1) is 0 Å². The maximum Gasteiger partial charge on any atom is 0.348 e. The molecule has 0 aliphatic carbocycles. The minimum Gasteiger partial charge on any atom is -0.384 e. The molecule has 0 aromatic heterocycles. The third kappa shape index (κ3) is 4.09. The molecule has 1 N–H and O–H groups in total. The molecule has 2 aliphatic heterocycles. The van der Waals surface area contributed by atoms with Crippen LogP contribution in [0.4, 0.5) is 8.78 Å². The SMILES string of the molecule is BN(Cc1ccc2c(c1)CN([C@]1(B)CCC(=O)NC1=O)C2=O)C(=O)C(F)(F)c1ccc(Cl)cc1. The molecular formula is C22H20B2ClF2N3O4. The monoisotopic (exact) mass is 485 g/mol. The number of alkyl halides is 2. The summed E-state index contributed by atoms with van der Waals surface area (Å²) >= 11 is 5.75. The van der Waals surface area contributed by atoms with E-state index in [1.54, 1.807) is 26.0 Å². The summed E-state index contributed by atoms with van der Waals surface area (Å²) in [5, 5.41) is 2.57. The zero-order valence-corrected chi connectivity index (χ0v) is 19.3. The van der Waals surface area contributed by atoms with E-state index in [9.17, 15) is 28.0 Å². The normalized spacial score (nSPS) is 20.2. The molecule has 1 atom stereocenters. The number of hydrogen-bond acceptors (Lipinski definition) is 4. The van der Waals surface area contributed by atoms with Crippen molar-refractivity contribution in [3.05, 3.63) is 69.7 Å². The number of hydrogen-bond donors (Lipinski definition) is 1. The molecule has 12 heteroatoms. The molecule has 2 aliphatic rings. The first-order chi connectivity index (χ1) is 15.9. The molecule has 174 valence electrons. The smallest absolute Gasteiger partial charge is 0.348 e. The quantitative estimate of drug-likeness (QED) is 0.500. The molecule has 0 bridgehead atoms. The van der Waals surface area contributed by atoms with Crippen LogP contribution in [0.5, 0.6) is 0 Å². The second-order valence-electron chi connectivity index (χ2n) is 8.78. The molecular weight excluding hydrogens is 465 g/mol. The van der Waals surface area contributed by atoms with E-state index in [4.69, 9.17) is 11.6 Å². The third-order valence-corrected chi connectivity index (χ3v) is 6.64. The van der Waals surface area contributed by atoms with Gasteiger partial charge < -0.3 is 9.71 Å². The van der Waals surface area contributed by atoms with Crippen molar-refractivity contribution in [2.45, 2.75) is 37.3 Å². The van der Waals surface area contributed by atoms with Gasteiger partial charge in [-0.15, -0.1) is 0 Å². The molecule has 34 heavy (non-hydrogen) atoms. The number of piperidine rings is 1. The van der Waals surface area contributed by atoms with E-state index < -0.39 is 28.7 Å². The summed E-state index contributed by atoms with van der Waals surface area (Å²) in [5.74, 6) is -6.35. The highest BCUT2D eigenvalue weighted by atomic mass is 35.5. The van der Waals surface area contributed by atoms with Gasteiger partial charge in [0.15, 0.2) is 0 Å². The third-order valence-electron chi connectivity index (χ3n) is 6.39. The fourth-order valence-electron chi connectivity index (χ4n) is 4.29. The first-order valence-corrected chi connectivity index (χ1v) is 11.0. The van der Waals surface area contributed by atoms with Crippen molar-refractivity contribution < 1.29 is 28.0 Å². The van der Waals surface area contributed by atoms with E-state index in [2.05, 4.69) is 5.32 Å². The van der Waals surface area contributed by atoms with E-state index in [1.807, 2.05) is 0 Å². The van der Waals surface area contributed by atoms with Crippen molar-refractivity contribution >= 4 is 51.1 Å². The summed E-state index contributed by atoms with van der Waals surface area (Å²) in [7, 11) is 2.89. The number of amides is 4. The lowest BCUT2D eigenvalue weighted by molar-refractivity contribution is -0.154. The molecule has 4 rings (SSSR count). The number of benzene rings is 2. The largest absolute Gasteiger partial charge is 0.384 e. The van der Waals surface area contributed by atoms with Crippen molar-refractivity contribution in [2.75, 3.05) is 0 Å². The van der Waals surface area contributed by atoms with Gasteiger partial charge in [0, 0.05) is 35.7 Å². The van der Waals surface area contributed by atoms with Gasteiger partial charge in [-0.05, 0) is 35.7 Å². The highest BCUT2D eigenvalue weighted by molar-refractivity contribution is 6.32. The molecule has 2 heterocycles. The van der Waals surface area contributed by atoms with E-state index in [0.29, 0.717) is 16.7 Å². The Bertz CT molecular complexity index is 1210. The van der Waals surface area contributed by atoms with Gasteiger partial charge in [-0.25, -0.2) is 0 Å². The molecule has 1 fully saturated rings. The molecule has 0 radical (unpaired) electrons. The van der Waals surface area contributed by atoms with Crippen LogP contribution in [0.3, 0.4) is 0 Å². The van der Waals surface area contributed by atoms with Gasteiger partial charge in [0.05, 0.1) is 5.44 Å². The molecule has 0 unspecified atom stereocenters. The summed E-state index contributed by atoms with van der Waals surface area (Å²) in [5.41, 5.74) is -0.0442. The lowest BCUT2D eigenvalue weighted by Crippen LogP contribution is -2.63. The van der Waals surface area contributed by atoms with E-state index >= 15 is 0 Å². The molecule has 4 amide bonds. The summed E-state index contributed by atoms with van der Waals surface area (Å²) < 4.78 is 29.4. The van der Waals surface area contributed by atoms with Crippen LogP contribution in [0.15, 0.2) is 42.5 Å². The molecule has 1 saturated heterocycles. The zero-order valence-electron chi connectivity index (χ0n) is 18.5. The molecule has 2 aromatic rings. The predicted molar refractivity (Wildman–Crippen MR) is 124 cm³/mol. The number of fused-ring (bicyclic) bond motifs is 1. The van der Waals surface area contributed by atoms with Crippen LogP contribution in [0.2, 0.25) is 5.02 Å². The zero-order chi connectivity index (χ0) is 24.8. The standard InChI is InChI=1S/C22H20B2ClF2N3O4/c23-21(8-7-17(31)28-19(21)33)29-11-13-9-12(1-6-16(13)18(29)32)10-30(24)20(34)22(26,27)14-2-4-15(25)5-3-14/h1-6,9H,7-8,10-11,23-24H2,(H,28,31,33)/t21-/m1/s1. The van der Waals surface area contributed by atoms with Crippen LogP contribution < -0.4 is 5.32 Å². The number of nitrogens with zero attached hydrogens (tertiary/aromatic N) is 2. The van der Waals surface area contributed by atoms with E-state index in [0.717, 1.165) is 16.9 Å². The topological polar surface area (TPSA) is 86.8 Å². The van der Waals surface area contributed by atoms with Gasteiger partial charge in [-0.3, -0.25) is 24.5 Å². The highest BCUT2D eigenvalue weighted by Gasteiger charge is 2.48. The summed E-state index contributed by atoms with van der Waals surface area (Å²) in [6, 6.07) is 9.65. The van der Waals surface area contributed by atoms with E-state index in [1.165, 1.54) is 25.0 Å². The Balaban J connectivity index is 1.50. The lowest BCUT2D eigenvalue weighted by atomic mass is 9.70. The van der Waals surface area contributed by atoms with Crippen molar-refractivity contribution in [1.29, 1.82) is 0 Å². The summed E-state index contributed by atoms with van der Waals surface area (Å²) in [6.45, 7) is 0.0362. The maximum atomic E-state index is 14.7. The van der Waals surface area contributed by atoms with Crippen LogP contribution >= 0.6 is 11.6 Å². The van der Waals surface area contributed by atoms with Crippen molar-refractivity contribution in [3.8, 4) is 0 Å². The van der Waals surface area contributed by atoms with Crippen LogP contribution in [-0.4, -0.2) is 54.6 Å². The predicted octanol–water partition coefficient (Wildman–Crippen LogP) is 0.731. The van der Waals surface area contributed by atoms with Crippen LogP contribution in [0.25, 0.3) is 0 Å². The first-order valence-electron chi connectivity index (χ1n) is 10.6. The number of imide groups is 1. The van der Waals surface area contributed by atoms with Gasteiger partial charge in [-0.1, -0.05) is 35.9 Å². The number of nitrogens with one attached hydrogen (secondary N) is 1. The summed E-state index contributed by atoms with van der Waals surface area (Å²) in [4.78, 5) is 51.8. The maximum absolute atomic E-state index is 14.7. The number of rotatable bonds is 5. The molecule has 7 nitrogen and oxygen atoms in total. The number of halogens is 3. The first kappa shape index (κ1) is 23.9. The van der Waals surface area contributed by atoms with Gasteiger partial charge in [-0.2, -0.15) is 8.78 Å². The average Bonchev–Trinajstić information content (AvgIpc) is 3.12. The Morgan fingerprint density at radius 3 is 2.50 bits per heavy atom.